The number of benzene rings is 1. The summed E-state index contributed by atoms with van der Waals surface area (Å²) < 4.78 is 1.82. The molecular weight excluding hydrogens is 440 g/mol. The van der Waals surface area contributed by atoms with Crippen LogP contribution in [0.3, 0.4) is 0 Å². The zero-order valence-electron chi connectivity index (χ0n) is 20.8. The number of nitrogens with one attached hydrogen (secondary N) is 1. The van der Waals surface area contributed by atoms with E-state index in [1.807, 2.05) is 23.6 Å². The highest BCUT2D eigenvalue weighted by atomic mass is 16.1. The molecule has 4 fully saturated rings. The monoisotopic (exact) mass is 472 g/mol. The Labute approximate surface area is 205 Å². The van der Waals surface area contributed by atoms with Gasteiger partial charge in [0, 0.05) is 49.1 Å². The Bertz CT molecular complexity index is 1380. The largest absolute Gasteiger partial charge is 0.369 e. The molecule has 1 N–H and O–H groups in total. The predicted molar refractivity (Wildman–Crippen MR) is 138 cm³/mol. The zero-order valence-corrected chi connectivity index (χ0v) is 20.8. The number of hydrogen-bond acceptors (Lipinski definition) is 7. The fraction of sp³-hybridized carbons (Fsp3) is 0.481. The van der Waals surface area contributed by atoms with Gasteiger partial charge in [-0.1, -0.05) is 6.92 Å². The summed E-state index contributed by atoms with van der Waals surface area (Å²) in [6.45, 7) is 9.67. The summed E-state index contributed by atoms with van der Waals surface area (Å²) in [6, 6.07) is 8.33. The maximum absolute atomic E-state index is 13.6. The van der Waals surface area contributed by atoms with Crippen molar-refractivity contribution in [2.24, 2.45) is 11.8 Å². The van der Waals surface area contributed by atoms with Crippen LogP contribution in [0.15, 0.2) is 35.3 Å². The molecule has 0 spiro atoms. The highest BCUT2D eigenvalue weighted by Crippen LogP contribution is 2.66. The summed E-state index contributed by atoms with van der Waals surface area (Å²) in [5.74, 6) is 1.33. The maximum atomic E-state index is 13.6. The number of fused-ring (bicyclic) bond motifs is 1. The van der Waals surface area contributed by atoms with Crippen LogP contribution in [0.5, 0.6) is 0 Å². The van der Waals surface area contributed by atoms with Crippen molar-refractivity contribution < 1.29 is 4.79 Å². The number of piperazine rings is 1. The Morgan fingerprint density at radius 2 is 1.80 bits per heavy atom. The molecular formula is C27H32N6O2. The van der Waals surface area contributed by atoms with Crippen LogP contribution in [0, 0.1) is 18.8 Å². The van der Waals surface area contributed by atoms with Crippen molar-refractivity contribution >= 4 is 34.1 Å². The van der Waals surface area contributed by atoms with Gasteiger partial charge in [-0.15, -0.1) is 0 Å². The van der Waals surface area contributed by atoms with E-state index in [1.165, 1.54) is 12.6 Å². The zero-order chi connectivity index (χ0) is 24.5. The van der Waals surface area contributed by atoms with E-state index in [2.05, 4.69) is 46.2 Å². The number of likely N-dealkylation sites (N-methyl/N-ethyl adjacent to an activating group) is 1. The van der Waals surface area contributed by atoms with Crippen molar-refractivity contribution in [3.8, 4) is 0 Å². The second-order valence-corrected chi connectivity index (χ2v) is 10.7. The Morgan fingerprint density at radius 1 is 1.11 bits per heavy atom. The van der Waals surface area contributed by atoms with Crippen LogP contribution < -0.4 is 15.8 Å². The quantitative estimate of drug-likeness (QED) is 0.569. The molecule has 3 aliphatic carbocycles. The first-order valence-corrected chi connectivity index (χ1v) is 12.5. The van der Waals surface area contributed by atoms with Crippen molar-refractivity contribution in [1.29, 1.82) is 0 Å². The second kappa shape index (κ2) is 7.88. The SMILES string of the molecule is CC(=O)c1c(C)c2cnc(Nc3ccc(N4CCN(C)CC4)cc3)nc2n(C23CC(C2)[C@H]3C)c1=O. The molecule has 1 saturated heterocycles. The smallest absolute Gasteiger partial charge is 0.263 e. The van der Waals surface area contributed by atoms with E-state index in [0.29, 0.717) is 29.0 Å². The number of nitrogens with zero attached hydrogens (tertiary/aromatic N) is 5. The number of ketones is 1. The van der Waals surface area contributed by atoms with E-state index in [9.17, 15) is 9.59 Å². The minimum absolute atomic E-state index is 0.204. The summed E-state index contributed by atoms with van der Waals surface area (Å²) in [5.41, 5.74) is 3.21. The standard InChI is InChI=1S/C27H32N6O2/c1-16-22-15-28-26(29-20-5-7-21(8-6-20)32-11-9-31(4)10-12-32)30-24(22)33(25(35)23(16)18(3)34)27-13-19(14-27)17(27)2/h5-8,15,17,19H,9-14H2,1-4H3,(H,28,29,30)/t17-,19?,27?/m1/s1. The number of aryl methyl sites for hydroxylation is 1. The molecule has 0 amide bonds. The minimum Gasteiger partial charge on any atom is -0.369 e. The number of rotatable bonds is 5. The van der Waals surface area contributed by atoms with Crippen LogP contribution >= 0.6 is 0 Å². The van der Waals surface area contributed by atoms with E-state index < -0.39 is 0 Å². The Morgan fingerprint density at radius 3 is 2.37 bits per heavy atom. The van der Waals surface area contributed by atoms with Crippen LogP contribution in [0.1, 0.15) is 42.6 Å². The van der Waals surface area contributed by atoms with E-state index in [-0.39, 0.29) is 22.4 Å². The van der Waals surface area contributed by atoms with E-state index in [0.717, 1.165) is 50.1 Å². The molecule has 3 aromatic rings. The lowest BCUT2D eigenvalue weighted by molar-refractivity contribution is -0.162. The normalized spacial score (nSPS) is 25.8. The average Bonchev–Trinajstić information content (AvgIpc) is 2.81. The van der Waals surface area contributed by atoms with Gasteiger partial charge in [0.2, 0.25) is 5.95 Å². The number of pyridine rings is 1. The third kappa shape index (κ3) is 3.30. The first kappa shape index (κ1) is 22.2. The fourth-order valence-corrected chi connectivity index (χ4v) is 6.23. The van der Waals surface area contributed by atoms with Gasteiger partial charge in [-0.3, -0.25) is 14.2 Å². The Balaban J connectivity index is 1.36. The first-order chi connectivity index (χ1) is 16.8. The van der Waals surface area contributed by atoms with Gasteiger partial charge in [0.1, 0.15) is 5.65 Å². The van der Waals surface area contributed by atoms with Crippen molar-refractivity contribution in [1.82, 2.24) is 19.4 Å². The summed E-state index contributed by atoms with van der Waals surface area (Å²) in [4.78, 5) is 40.1. The number of aromatic nitrogens is 3. The summed E-state index contributed by atoms with van der Waals surface area (Å²) in [6.07, 6.45) is 3.70. The van der Waals surface area contributed by atoms with Gasteiger partial charge >= 0.3 is 0 Å². The van der Waals surface area contributed by atoms with Crippen LogP contribution in [-0.2, 0) is 5.54 Å². The Kier molecular flexibility index (Phi) is 5.00. The number of Topliss-reactive ketones (excluding diaryl/α,β-unsaturated/α-hetero) is 1. The summed E-state index contributed by atoms with van der Waals surface area (Å²) in [5, 5.41) is 4.08. The van der Waals surface area contributed by atoms with Crippen molar-refractivity contribution in [3.63, 3.8) is 0 Å². The Hall–Kier alpha value is -3.26. The molecule has 1 aromatic carbocycles. The number of carbonyl (C=O) groups is 1. The molecule has 182 valence electrons. The predicted octanol–water partition coefficient (Wildman–Crippen LogP) is 3.55. The third-order valence-electron chi connectivity index (χ3n) is 8.75. The van der Waals surface area contributed by atoms with Gasteiger partial charge < -0.3 is 15.1 Å². The summed E-state index contributed by atoms with van der Waals surface area (Å²) >= 11 is 0. The van der Waals surface area contributed by atoms with Gasteiger partial charge in [0.05, 0.1) is 11.1 Å². The molecule has 3 heterocycles. The van der Waals surface area contributed by atoms with Crippen LogP contribution in [0.2, 0.25) is 0 Å². The molecule has 1 atom stereocenters. The van der Waals surface area contributed by atoms with E-state index >= 15 is 0 Å². The number of hydrogen-bond donors (Lipinski definition) is 1. The van der Waals surface area contributed by atoms with Crippen LogP contribution in [-0.4, -0.2) is 58.4 Å². The number of carbonyl (C=O) groups excluding carboxylic acids is 1. The molecule has 0 radical (unpaired) electrons. The number of anilines is 3. The molecule has 2 bridgehead atoms. The van der Waals surface area contributed by atoms with Crippen molar-refractivity contribution in [2.45, 2.75) is 39.2 Å². The lowest BCUT2D eigenvalue weighted by Crippen LogP contribution is -2.69. The fourth-order valence-electron chi connectivity index (χ4n) is 6.23. The molecule has 4 aliphatic rings. The molecule has 8 nitrogen and oxygen atoms in total. The van der Waals surface area contributed by atoms with Crippen LogP contribution in [0.25, 0.3) is 11.0 Å². The second-order valence-electron chi connectivity index (χ2n) is 10.7. The van der Waals surface area contributed by atoms with E-state index in [1.54, 1.807) is 6.20 Å². The van der Waals surface area contributed by atoms with Crippen molar-refractivity contribution in [2.75, 3.05) is 43.4 Å². The first-order valence-electron chi connectivity index (χ1n) is 12.5. The topological polar surface area (TPSA) is 83.4 Å². The molecule has 2 aromatic heterocycles. The van der Waals surface area contributed by atoms with Gasteiger partial charge in [-0.2, -0.15) is 4.98 Å². The highest BCUT2D eigenvalue weighted by Gasteiger charge is 2.65. The minimum atomic E-state index is -0.228. The maximum Gasteiger partial charge on any atom is 0.263 e. The molecule has 1 aliphatic heterocycles. The highest BCUT2D eigenvalue weighted by molar-refractivity contribution is 5.99. The van der Waals surface area contributed by atoms with Gasteiger partial charge in [0.15, 0.2) is 5.78 Å². The molecule has 7 rings (SSSR count). The lowest BCUT2D eigenvalue weighted by Gasteiger charge is -2.68. The van der Waals surface area contributed by atoms with Crippen molar-refractivity contribution in [3.05, 3.63) is 51.9 Å². The van der Waals surface area contributed by atoms with Gasteiger partial charge in [-0.05, 0) is 75.4 Å². The lowest BCUT2D eigenvalue weighted by atomic mass is 9.42. The summed E-state index contributed by atoms with van der Waals surface area (Å²) in [7, 11) is 2.16. The average molecular weight is 473 g/mol. The molecule has 35 heavy (non-hydrogen) atoms. The van der Waals surface area contributed by atoms with Gasteiger partial charge in [-0.25, -0.2) is 4.98 Å². The van der Waals surface area contributed by atoms with Gasteiger partial charge in [0.25, 0.3) is 5.56 Å². The third-order valence-corrected chi connectivity index (χ3v) is 8.75. The molecule has 0 unspecified atom stereocenters. The molecule has 8 heteroatoms. The van der Waals surface area contributed by atoms with E-state index in [4.69, 9.17) is 4.98 Å². The molecule has 3 saturated carbocycles. The van der Waals surface area contributed by atoms with Crippen LogP contribution in [0.4, 0.5) is 17.3 Å².